The number of halogens is 3. The first-order valence-corrected chi connectivity index (χ1v) is 7.25. The van der Waals surface area contributed by atoms with Crippen molar-refractivity contribution in [2.45, 2.75) is 24.7 Å². The fraction of sp³-hybridized carbons (Fsp3) is 0.267. The number of rotatable bonds is 5. The predicted octanol–water partition coefficient (Wildman–Crippen LogP) is 3.28. The lowest BCUT2D eigenvalue weighted by molar-refractivity contribution is 0.188. The van der Waals surface area contributed by atoms with E-state index in [1.807, 2.05) is 18.2 Å². The van der Waals surface area contributed by atoms with Crippen molar-refractivity contribution in [3.8, 4) is 0 Å². The summed E-state index contributed by atoms with van der Waals surface area (Å²) in [7, 11) is 0. The van der Waals surface area contributed by atoms with Crippen molar-refractivity contribution in [1.82, 2.24) is 10.1 Å². The number of nitrogens with two attached hydrogens (primary N) is 1. The molecule has 1 fully saturated rings. The number of nitrogens with one attached hydrogen (secondary N) is 1. The monoisotopic (exact) mass is 338 g/mol. The Hall–Kier alpha value is -2.28. The van der Waals surface area contributed by atoms with Crippen LogP contribution in [0.15, 0.2) is 40.6 Å². The van der Waals surface area contributed by atoms with Gasteiger partial charge in [-0.15, -0.1) is 0 Å². The summed E-state index contributed by atoms with van der Waals surface area (Å²) in [5.74, 6) is 0.247. The minimum absolute atomic E-state index is 0.151. The molecule has 1 aromatic carbocycles. The second-order valence-corrected chi connectivity index (χ2v) is 5.75. The number of nitrogens with zero attached hydrogens (tertiary/aromatic N) is 2. The second-order valence-electron chi connectivity index (χ2n) is 5.34. The molecule has 0 saturated heterocycles. The van der Waals surface area contributed by atoms with E-state index in [9.17, 15) is 8.78 Å². The lowest BCUT2D eigenvalue weighted by atomic mass is 9.95. The molecule has 0 amide bonds. The van der Waals surface area contributed by atoms with Crippen LogP contribution in [0.25, 0.3) is 0 Å². The van der Waals surface area contributed by atoms with E-state index in [0.29, 0.717) is 10.8 Å². The molecule has 8 heteroatoms. The van der Waals surface area contributed by atoms with Crippen LogP contribution in [-0.2, 0) is 5.41 Å². The van der Waals surface area contributed by atoms with Crippen LogP contribution in [0, 0.1) is 5.41 Å². The molecule has 0 aliphatic heterocycles. The molecular weight excluding hydrogens is 326 g/mol. The van der Waals surface area contributed by atoms with E-state index in [4.69, 9.17) is 27.3 Å². The molecule has 3 N–H and O–H groups in total. The first-order chi connectivity index (χ1) is 10.9. The van der Waals surface area contributed by atoms with Crippen molar-refractivity contribution in [2.75, 3.05) is 0 Å². The van der Waals surface area contributed by atoms with E-state index in [2.05, 4.69) is 10.1 Å². The van der Waals surface area contributed by atoms with Gasteiger partial charge in [-0.1, -0.05) is 35.0 Å². The van der Waals surface area contributed by atoms with Crippen LogP contribution >= 0.6 is 11.6 Å². The van der Waals surface area contributed by atoms with Crippen molar-refractivity contribution in [3.63, 3.8) is 0 Å². The van der Waals surface area contributed by atoms with Crippen LogP contribution in [0.1, 0.15) is 30.1 Å². The summed E-state index contributed by atoms with van der Waals surface area (Å²) in [5.41, 5.74) is 4.52. The summed E-state index contributed by atoms with van der Waals surface area (Å²) in [6.07, 6.45) is -0.414. The predicted molar refractivity (Wildman–Crippen MR) is 80.9 cm³/mol. The first-order valence-electron chi connectivity index (χ1n) is 6.87. The van der Waals surface area contributed by atoms with Gasteiger partial charge in [0.05, 0.1) is 11.1 Å². The fourth-order valence-electron chi connectivity index (χ4n) is 2.41. The molecule has 1 aromatic heterocycles. The summed E-state index contributed by atoms with van der Waals surface area (Å²) in [6, 6.07) is 7.38. The summed E-state index contributed by atoms with van der Waals surface area (Å²) < 4.78 is 29.8. The number of allylic oxidation sites excluding steroid dienone is 2. The van der Waals surface area contributed by atoms with Gasteiger partial charge in [0.1, 0.15) is 5.71 Å². The molecule has 1 saturated carbocycles. The van der Waals surface area contributed by atoms with Gasteiger partial charge in [0.2, 0.25) is 0 Å². The van der Waals surface area contributed by atoms with Crippen molar-refractivity contribution < 1.29 is 13.3 Å². The Bertz CT molecular complexity index is 783. The van der Waals surface area contributed by atoms with Gasteiger partial charge in [0.25, 0.3) is 12.3 Å². The van der Waals surface area contributed by atoms with Gasteiger partial charge < -0.3 is 10.3 Å². The summed E-state index contributed by atoms with van der Waals surface area (Å²) >= 11 is 6.23. The maximum atomic E-state index is 12.4. The molecule has 3 rings (SSSR count). The summed E-state index contributed by atoms with van der Waals surface area (Å²) in [6.45, 7) is 0. The van der Waals surface area contributed by atoms with Crippen LogP contribution in [0.4, 0.5) is 8.78 Å². The third-order valence-corrected chi connectivity index (χ3v) is 4.12. The highest BCUT2D eigenvalue weighted by molar-refractivity contribution is 6.31. The van der Waals surface area contributed by atoms with Crippen LogP contribution in [0.5, 0.6) is 0 Å². The smallest absolute Gasteiger partial charge is 0.277 e. The van der Waals surface area contributed by atoms with Crippen LogP contribution < -0.4 is 5.73 Å². The van der Waals surface area contributed by atoms with E-state index in [0.717, 1.165) is 24.5 Å². The summed E-state index contributed by atoms with van der Waals surface area (Å²) in [5, 5.41) is 12.2. The maximum absolute atomic E-state index is 12.4. The minimum atomic E-state index is -2.84. The number of hydrogen-bond donors (Lipinski definition) is 2. The topological polar surface area (TPSA) is 88.8 Å². The van der Waals surface area contributed by atoms with E-state index in [-0.39, 0.29) is 11.6 Å². The maximum Gasteiger partial charge on any atom is 0.277 e. The van der Waals surface area contributed by atoms with Crippen LogP contribution in [-0.4, -0.2) is 22.3 Å². The highest BCUT2D eigenvalue weighted by atomic mass is 35.5. The van der Waals surface area contributed by atoms with Crippen LogP contribution in [0.2, 0.25) is 5.02 Å². The first kappa shape index (κ1) is 15.6. The van der Waals surface area contributed by atoms with Crippen molar-refractivity contribution in [3.05, 3.63) is 58.3 Å². The van der Waals surface area contributed by atoms with E-state index < -0.39 is 17.5 Å². The standard InChI is InChI=1S/C15H13ClF2N4O/c16-9-4-2-1-3-8(9)15(5-6-15)14-21-13(23-22-14)11(20)7-10(19)12(17)18/h1-4,7,12,20H,5-6,19H2/b10-7-,20-11?. The van der Waals surface area contributed by atoms with Gasteiger partial charge in [-0.05, 0) is 30.5 Å². The van der Waals surface area contributed by atoms with Gasteiger partial charge in [-0.25, -0.2) is 8.78 Å². The zero-order valence-electron chi connectivity index (χ0n) is 11.9. The number of benzene rings is 1. The average molecular weight is 339 g/mol. The van der Waals surface area contributed by atoms with E-state index in [1.54, 1.807) is 6.07 Å². The van der Waals surface area contributed by atoms with Gasteiger partial charge in [0.15, 0.2) is 5.82 Å². The molecule has 23 heavy (non-hydrogen) atoms. The van der Waals surface area contributed by atoms with Crippen molar-refractivity contribution in [1.29, 1.82) is 5.41 Å². The Balaban J connectivity index is 1.90. The molecule has 0 spiro atoms. The van der Waals surface area contributed by atoms with Gasteiger partial charge in [-0.2, -0.15) is 4.98 Å². The van der Waals surface area contributed by atoms with Crippen molar-refractivity contribution in [2.24, 2.45) is 5.73 Å². The lowest BCUT2D eigenvalue weighted by Crippen LogP contribution is -2.13. The summed E-state index contributed by atoms with van der Waals surface area (Å²) in [4.78, 5) is 4.17. The zero-order valence-corrected chi connectivity index (χ0v) is 12.6. The van der Waals surface area contributed by atoms with Gasteiger partial charge in [-0.3, -0.25) is 5.41 Å². The Morgan fingerprint density at radius 2 is 2.09 bits per heavy atom. The molecular formula is C15H13ClF2N4O. The molecule has 1 aliphatic carbocycles. The number of hydrogen-bond acceptors (Lipinski definition) is 5. The highest BCUT2D eigenvalue weighted by Crippen LogP contribution is 2.54. The van der Waals surface area contributed by atoms with Gasteiger partial charge >= 0.3 is 0 Å². The Morgan fingerprint density at radius 3 is 2.70 bits per heavy atom. The van der Waals surface area contributed by atoms with Crippen LogP contribution in [0.3, 0.4) is 0 Å². The molecule has 120 valence electrons. The molecule has 0 bridgehead atoms. The molecule has 0 radical (unpaired) electrons. The zero-order chi connectivity index (χ0) is 16.6. The Kier molecular flexibility index (Phi) is 3.89. The molecule has 0 unspecified atom stereocenters. The van der Waals surface area contributed by atoms with Gasteiger partial charge in [0, 0.05) is 5.02 Å². The minimum Gasteiger partial charge on any atom is -0.397 e. The largest absolute Gasteiger partial charge is 0.397 e. The number of aromatic nitrogens is 2. The SMILES string of the molecule is N=C(/C=C(\N)C(F)F)c1nc(C2(c3ccccc3Cl)CC2)no1. The molecule has 2 aromatic rings. The Labute approximate surface area is 135 Å². The Morgan fingerprint density at radius 1 is 1.39 bits per heavy atom. The molecule has 0 atom stereocenters. The third-order valence-electron chi connectivity index (χ3n) is 3.79. The quantitative estimate of drug-likeness (QED) is 0.819. The molecule has 5 nitrogen and oxygen atoms in total. The third kappa shape index (κ3) is 2.84. The normalized spacial score (nSPS) is 16.6. The molecule has 1 heterocycles. The van der Waals surface area contributed by atoms with Crippen molar-refractivity contribution >= 4 is 17.3 Å². The molecule has 1 aliphatic rings. The second kappa shape index (κ2) is 5.73. The number of alkyl halides is 2. The lowest BCUT2D eigenvalue weighted by Gasteiger charge is -2.12. The average Bonchev–Trinajstić information content (AvgIpc) is 3.16. The fourth-order valence-corrected chi connectivity index (χ4v) is 2.72. The van der Waals surface area contributed by atoms with E-state index in [1.165, 1.54) is 0 Å². The highest BCUT2D eigenvalue weighted by Gasteiger charge is 2.51. The van der Waals surface area contributed by atoms with E-state index >= 15 is 0 Å².